The lowest BCUT2D eigenvalue weighted by Gasteiger charge is -2.09. The normalized spacial score (nSPS) is 11.0. The van der Waals surface area contributed by atoms with Crippen LogP contribution in [-0.4, -0.2) is 22.5 Å². The number of hydrogen-bond donors (Lipinski definition) is 0. The Morgan fingerprint density at radius 3 is 2.74 bits per heavy atom. The van der Waals surface area contributed by atoms with E-state index >= 15 is 0 Å². The Labute approximate surface area is 108 Å². The van der Waals surface area contributed by atoms with Gasteiger partial charge in [0, 0.05) is 11.1 Å². The molecule has 2 rings (SSSR count). The summed E-state index contributed by atoms with van der Waals surface area (Å²) in [6.45, 7) is 3.47. The fourth-order valence-corrected chi connectivity index (χ4v) is 1.70. The first-order valence-electron chi connectivity index (χ1n) is 5.76. The smallest absolute Gasteiger partial charge is 0.340 e. The van der Waals surface area contributed by atoms with Crippen molar-refractivity contribution in [1.29, 1.82) is 0 Å². The first-order valence-corrected chi connectivity index (χ1v) is 5.76. The van der Waals surface area contributed by atoms with Crippen LogP contribution >= 0.6 is 0 Å². The summed E-state index contributed by atoms with van der Waals surface area (Å²) in [5.41, 5.74) is 0.0616. The van der Waals surface area contributed by atoms with Crippen LogP contribution in [0.5, 0.6) is 0 Å². The number of pyridine rings is 2. The molecule has 0 bridgehead atoms. The van der Waals surface area contributed by atoms with Crippen LogP contribution in [0.3, 0.4) is 0 Å². The van der Waals surface area contributed by atoms with Crippen molar-refractivity contribution in [2.45, 2.75) is 20.3 Å². The number of carbonyl (C=O) groups is 1. The van der Waals surface area contributed by atoms with E-state index < -0.39 is 18.1 Å². The van der Waals surface area contributed by atoms with Gasteiger partial charge in [-0.2, -0.15) is 0 Å². The van der Waals surface area contributed by atoms with E-state index in [-0.39, 0.29) is 17.8 Å². The summed E-state index contributed by atoms with van der Waals surface area (Å²) < 4.78 is 30.7. The Morgan fingerprint density at radius 2 is 2.11 bits per heavy atom. The van der Waals surface area contributed by atoms with Gasteiger partial charge in [0.05, 0.1) is 12.2 Å². The predicted molar refractivity (Wildman–Crippen MR) is 65.2 cm³/mol. The minimum Gasteiger partial charge on any atom is -0.462 e. The number of halogens is 2. The maximum absolute atomic E-state index is 13.0. The highest BCUT2D eigenvalue weighted by atomic mass is 19.3. The number of aryl methyl sites for hydroxylation is 1. The molecule has 2 heterocycles. The van der Waals surface area contributed by atoms with Crippen molar-refractivity contribution < 1.29 is 18.3 Å². The van der Waals surface area contributed by atoms with Crippen LogP contribution in [-0.2, 0) is 4.74 Å². The number of esters is 1. The van der Waals surface area contributed by atoms with Crippen LogP contribution in [0.1, 0.15) is 35.1 Å². The van der Waals surface area contributed by atoms with E-state index in [1.54, 1.807) is 26.0 Å². The molecule has 19 heavy (non-hydrogen) atoms. The van der Waals surface area contributed by atoms with Crippen molar-refractivity contribution in [3.63, 3.8) is 0 Å². The summed E-state index contributed by atoms with van der Waals surface area (Å²) in [7, 11) is 0. The molecule has 2 aromatic heterocycles. The van der Waals surface area contributed by atoms with Gasteiger partial charge in [-0.3, -0.25) is 0 Å². The molecule has 4 nitrogen and oxygen atoms in total. The third kappa shape index (κ3) is 2.67. The van der Waals surface area contributed by atoms with E-state index in [1.165, 1.54) is 6.07 Å². The molecule has 0 radical (unpaired) electrons. The highest BCUT2D eigenvalue weighted by molar-refractivity contribution is 5.94. The standard InChI is InChI=1S/C13H12F2N2O2/c1-3-19-13(18)9-6-8-5-4-7(2)16-12(8)17-10(9)11(14)15/h4-6,11H,3H2,1-2H3. The summed E-state index contributed by atoms with van der Waals surface area (Å²) >= 11 is 0. The molecule has 100 valence electrons. The third-order valence-electron chi connectivity index (χ3n) is 2.55. The van der Waals surface area contributed by atoms with Gasteiger partial charge < -0.3 is 4.74 Å². The molecule has 0 fully saturated rings. The van der Waals surface area contributed by atoms with E-state index in [9.17, 15) is 13.6 Å². The number of fused-ring (bicyclic) bond motifs is 1. The highest BCUT2D eigenvalue weighted by Crippen LogP contribution is 2.25. The summed E-state index contributed by atoms with van der Waals surface area (Å²) in [5.74, 6) is -0.798. The summed E-state index contributed by atoms with van der Waals surface area (Å²) in [4.78, 5) is 19.5. The van der Waals surface area contributed by atoms with Crippen molar-refractivity contribution in [3.8, 4) is 0 Å². The molecule has 0 spiro atoms. The lowest BCUT2D eigenvalue weighted by molar-refractivity contribution is 0.0514. The Morgan fingerprint density at radius 1 is 1.37 bits per heavy atom. The number of nitrogens with zero attached hydrogens (tertiary/aromatic N) is 2. The van der Waals surface area contributed by atoms with Crippen molar-refractivity contribution in [1.82, 2.24) is 9.97 Å². The number of ether oxygens (including phenoxy) is 1. The molecule has 0 aromatic carbocycles. The SMILES string of the molecule is CCOC(=O)c1cc2ccc(C)nc2nc1C(F)F. The Kier molecular flexibility index (Phi) is 3.69. The fraction of sp³-hybridized carbons (Fsp3) is 0.308. The number of carbonyl (C=O) groups excluding carboxylic acids is 1. The van der Waals surface area contributed by atoms with Crippen molar-refractivity contribution in [3.05, 3.63) is 35.2 Å². The molecule has 0 saturated heterocycles. The van der Waals surface area contributed by atoms with Crippen LogP contribution < -0.4 is 0 Å². The zero-order chi connectivity index (χ0) is 14.0. The van der Waals surface area contributed by atoms with Gasteiger partial charge in [-0.05, 0) is 32.0 Å². The quantitative estimate of drug-likeness (QED) is 0.801. The van der Waals surface area contributed by atoms with E-state index in [1.807, 2.05) is 0 Å². The zero-order valence-electron chi connectivity index (χ0n) is 10.5. The molecule has 2 aromatic rings. The van der Waals surface area contributed by atoms with Gasteiger partial charge in [-0.25, -0.2) is 23.5 Å². The minimum atomic E-state index is -2.86. The van der Waals surface area contributed by atoms with Crippen LogP contribution in [0.25, 0.3) is 11.0 Å². The predicted octanol–water partition coefficient (Wildman–Crippen LogP) is 3.05. The number of alkyl halides is 2. The van der Waals surface area contributed by atoms with Crippen molar-refractivity contribution >= 4 is 17.0 Å². The van der Waals surface area contributed by atoms with E-state index in [0.29, 0.717) is 11.1 Å². The summed E-state index contributed by atoms with van der Waals surface area (Å²) in [6.07, 6.45) is -2.86. The molecule has 0 N–H and O–H groups in total. The van der Waals surface area contributed by atoms with Gasteiger partial charge in [0.2, 0.25) is 0 Å². The maximum atomic E-state index is 13.0. The molecule has 0 atom stereocenters. The Balaban J connectivity index is 2.64. The molecule has 0 aliphatic carbocycles. The fourth-order valence-electron chi connectivity index (χ4n) is 1.70. The van der Waals surface area contributed by atoms with Gasteiger partial charge in [0.25, 0.3) is 6.43 Å². The molecular weight excluding hydrogens is 254 g/mol. The van der Waals surface area contributed by atoms with E-state index in [0.717, 1.165) is 0 Å². The lowest BCUT2D eigenvalue weighted by Crippen LogP contribution is -2.10. The third-order valence-corrected chi connectivity index (χ3v) is 2.55. The van der Waals surface area contributed by atoms with Crippen molar-refractivity contribution in [2.75, 3.05) is 6.61 Å². The molecule has 0 saturated carbocycles. The summed E-state index contributed by atoms with van der Waals surface area (Å²) in [5, 5.41) is 0.526. The van der Waals surface area contributed by atoms with Crippen molar-refractivity contribution in [2.24, 2.45) is 0 Å². The van der Waals surface area contributed by atoms with Gasteiger partial charge in [0.15, 0.2) is 5.65 Å². The number of aromatic nitrogens is 2. The lowest BCUT2D eigenvalue weighted by atomic mass is 10.1. The maximum Gasteiger partial charge on any atom is 0.340 e. The van der Waals surface area contributed by atoms with Crippen LogP contribution in [0, 0.1) is 6.92 Å². The van der Waals surface area contributed by atoms with E-state index in [2.05, 4.69) is 9.97 Å². The second kappa shape index (κ2) is 5.26. The molecule has 0 aliphatic heterocycles. The van der Waals surface area contributed by atoms with Gasteiger partial charge in [-0.1, -0.05) is 0 Å². The topological polar surface area (TPSA) is 52.1 Å². The van der Waals surface area contributed by atoms with Gasteiger partial charge in [-0.15, -0.1) is 0 Å². The minimum absolute atomic E-state index is 0.117. The van der Waals surface area contributed by atoms with Gasteiger partial charge in [0.1, 0.15) is 5.69 Å². The average Bonchev–Trinajstić information content (AvgIpc) is 2.37. The average molecular weight is 266 g/mol. The van der Waals surface area contributed by atoms with E-state index in [4.69, 9.17) is 4.74 Å². The first kappa shape index (κ1) is 13.3. The van der Waals surface area contributed by atoms with Gasteiger partial charge >= 0.3 is 5.97 Å². The number of rotatable bonds is 3. The first-order chi connectivity index (χ1) is 9.02. The Bertz CT molecular complexity index is 629. The second-order valence-electron chi connectivity index (χ2n) is 3.94. The molecule has 0 aliphatic rings. The monoisotopic (exact) mass is 266 g/mol. The van der Waals surface area contributed by atoms with Crippen LogP contribution in [0.15, 0.2) is 18.2 Å². The molecule has 6 heteroatoms. The van der Waals surface area contributed by atoms with Crippen LogP contribution in [0.4, 0.5) is 8.78 Å². The number of hydrogen-bond acceptors (Lipinski definition) is 4. The molecule has 0 unspecified atom stereocenters. The zero-order valence-corrected chi connectivity index (χ0v) is 10.5. The largest absolute Gasteiger partial charge is 0.462 e. The Hall–Kier alpha value is -2.11. The molecular formula is C13H12F2N2O2. The summed E-state index contributed by atoms with van der Waals surface area (Å²) in [6, 6.07) is 4.75. The molecule has 0 amide bonds. The second-order valence-corrected chi connectivity index (χ2v) is 3.94. The van der Waals surface area contributed by atoms with Crippen LogP contribution in [0.2, 0.25) is 0 Å². The highest BCUT2D eigenvalue weighted by Gasteiger charge is 2.22.